The molecule has 2 aromatic carbocycles. The first-order valence-electron chi connectivity index (χ1n) is 10.9. The van der Waals surface area contributed by atoms with Crippen LogP contribution >= 0.6 is 11.8 Å². The fraction of sp³-hybridized carbons (Fsp3) is 0.292. The predicted molar refractivity (Wildman–Crippen MR) is 135 cm³/mol. The van der Waals surface area contributed by atoms with Gasteiger partial charge in [-0.3, -0.25) is 9.59 Å². The Morgan fingerprint density at radius 2 is 1.72 bits per heavy atom. The molecule has 1 amide bonds. The summed E-state index contributed by atoms with van der Waals surface area (Å²) in [7, 11) is 4.50. The summed E-state index contributed by atoms with van der Waals surface area (Å²) in [6, 6.07) is 10.8. The number of methoxy groups -OCH3 is 3. The Hall–Kier alpha value is -4.06. The van der Waals surface area contributed by atoms with E-state index < -0.39 is 5.97 Å². The molecule has 11 nitrogen and oxygen atoms in total. The van der Waals surface area contributed by atoms with Gasteiger partial charge in [0, 0.05) is 24.6 Å². The molecule has 1 heterocycles. The van der Waals surface area contributed by atoms with Crippen molar-refractivity contribution in [2.24, 2.45) is 5.10 Å². The van der Waals surface area contributed by atoms with Crippen LogP contribution in [-0.2, 0) is 16.1 Å². The minimum atomic E-state index is -0.507. The van der Waals surface area contributed by atoms with Crippen LogP contribution < -0.4 is 24.4 Å². The van der Waals surface area contributed by atoms with Gasteiger partial charge in [0.1, 0.15) is 5.75 Å². The molecule has 36 heavy (non-hydrogen) atoms. The number of hydrazone groups is 1. The van der Waals surface area contributed by atoms with Gasteiger partial charge in [-0.05, 0) is 43.3 Å². The van der Waals surface area contributed by atoms with E-state index in [4.69, 9.17) is 18.9 Å². The second kappa shape index (κ2) is 12.6. The maximum atomic E-state index is 12.4. The van der Waals surface area contributed by atoms with Gasteiger partial charge in [-0.1, -0.05) is 11.8 Å². The summed E-state index contributed by atoms with van der Waals surface area (Å²) in [5.74, 6) is 1.48. The van der Waals surface area contributed by atoms with Crippen molar-refractivity contribution in [3.8, 4) is 34.4 Å². The van der Waals surface area contributed by atoms with Gasteiger partial charge in [0.2, 0.25) is 5.75 Å². The summed E-state index contributed by atoms with van der Waals surface area (Å²) in [5, 5.41) is 13.1. The molecule has 0 saturated carbocycles. The highest BCUT2D eigenvalue weighted by molar-refractivity contribution is 7.99. The zero-order valence-corrected chi connectivity index (χ0v) is 21.4. The Balaban J connectivity index is 1.63. The molecule has 0 spiro atoms. The van der Waals surface area contributed by atoms with Crippen LogP contribution in [0, 0.1) is 0 Å². The first-order chi connectivity index (χ1) is 17.4. The molecule has 12 heteroatoms. The Bertz CT molecular complexity index is 1220. The van der Waals surface area contributed by atoms with Crippen molar-refractivity contribution in [2.75, 3.05) is 27.1 Å². The number of carbonyl (C=O) groups excluding carboxylic acids is 2. The van der Waals surface area contributed by atoms with Crippen LogP contribution in [0.5, 0.6) is 23.0 Å². The number of thioether (sulfide) groups is 1. The Kier molecular flexibility index (Phi) is 9.28. The van der Waals surface area contributed by atoms with Crippen molar-refractivity contribution < 1.29 is 28.5 Å². The molecule has 3 rings (SSSR count). The lowest BCUT2D eigenvalue weighted by molar-refractivity contribution is -0.132. The molecular weight excluding hydrogens is 486 g/mol. The van der Waals surface area contributed by atoms with E-state index in [-0.39, 0.29) is 17.4 Å². The molecule has 3 aromatic rings. The number of amides is 1. The number of hydrogen-bond acceptors (Lipinski definition) is 10. The molecule has 0 saturated heterocycles. The SMILES string of the molecule is CCn1c(SCC(=O)NN=Cc2cc(OC)c(OC(C)=O)c(OC)c2)nnc1-c1ccc(OC)cc1. The quantitative estimate of drug-likeness (QED) is 0.135. The van der Waals surface area contributed by atoms with Crippen molar-refractivity contribution >= 4 is 29.9 Å². The van der Waals surface area contributed by atoms with Gasteiger partial charge in [0.05, 0.1) is 33.3 Å². The molecular formula is C24H27N5O6S. The normalized spacial score (nSPS) is 10.8. The van der Waals surface area contributed by atoms with Crippen LogP contribution in [0.25, 0.3) is 11.4 Å². The number of nitrogens with one attached hydrogen (secondary N) is 1. The van der Waals surface area contributed by atoms with Crippen LogP contribution in [-0.4, -0.2) is 59.9 Å². The van der Waals surface area contributed by atoms with Crippen molar-refractivity contribution in [3.05, 3.63) is 42.0 Å². The minimum Gasteiger partial charge on any atom is -0.497 e. The van der Waals surface area contributed by atoms with E-state index in [1.807, 2.05) is 35.8 Å². The maximum Gasteiger partial charge on any atom is 0.308 e. The smallest absolute Gasteiger partial charge is 0.308 e. The number of hydrogen-bond donors (Lipinski definition) is 1. The van der Waals surface area contributed by atoms with E-state index in [1.165, 1.54) is 39.1 Å². The maximum absolute atomic E-state index is 12.4. The standard InChI is InChI=1S/C24H27N5O6S/c1-6-29-23(17-7-9-18(32-3)10-8-17)27-28-24(29)36-14-21(31)26-25-13-16-11-19(33-4)22(35-15(2)30)20(12-16)34-5/h7-13H,6,14H2,1-5H3,(H,26,31). The molecule has 1 N–H and O–H groups in total. The van der Waals surface area contributed by atoms with Crippen molar-refractivity contribution in [1.29, 1.82) is 0 Å². The second-order valence-electron chi connectivity index (χ2n) is 7.21. The van der Waals surface area contributed by atoms with Gasteiger partial charge in [0.15, 0.2) is 22.5 Å². The summed E-state index contributed by atoms with van der Waals surface area (Å²) in [4.78, 5) is 23.7. The van der Waals surface area contributed by atoms with Gasteiger partial charge in [-0.25, -0.2) is 5.43 Å². The lowest BCUT2D eigenvalue weighted by atomic mass is 10.2. The largest absolute Gasteiger partial charge is 0.497 e. The Labute approximate surface area is 212 Å². The van der Waals surface area contributed by atoms with E-state index >= 15 is 0 Å². The van der Waals surface area contributed by atoms with E-state index in [1.54, 1.807) is 19.2 Å². The summed E-state index contributed by atoms with van der Waals surface area (Å²) in [6.45, 7) is 3.91. The van der Waals surface area contributed by atoms with Gasteiger partial charge in [-0.2, -0.15) is 5.10 Å². The van der Waals surface area contributed by atoms with Crippen LogP contribution in [0.15, 0.2) is 46.7 Å². The molecule has 0 fully saturated rings. The van der Waals surface area contributed by atoms with E-state index in [0.717, 1.165) is 11.3 Å². The van der Waals surface area contributed by atoms with Gasteiger partial charge in [0.25, 0.3) is 5.91 Å². The topological polar surface area (TPSA) is 126 Å². The van der Waals surface area contributed by atoms with Crippen LogP contribution in [0.1, 0.15) is 19.4 Å². The number of ether oxygens (including phenoxy) is 4. The zero-order chi connectivity index (χ0) is 26.1. The van der Waals surface area contributed by atoms with Crippen LogP contribution in [0.2, 0.25) is 0 Å². The van der Waals surface area contributed by atoms with Gasteiger partial charge < -0.3 is 23.5 Å². The molecule has 0 aliphatic heterocycles. The molecule has 0 unspecified atom stereocenters. The van der Waals surface area contributed by atoms with Gasteiger partial charge in [-0.15, -0.1) is 10.2 Å². The molecule has 0 atom stereocenters. The minimum absolute atomic E-state index is 0.0934. The zero-order valence-electron chi connectivity index (χ0n) is 20.6. The number of esters is 1. The van der Waals surface area contributed by atoms with E-state index in [0.29, 0.717) is 34.6 Å². The molecule has 1 aromatic heterocycles. The van der Waals surface area contributed by atoms with Crippen LogP contribution in [0.3, 0.4) is 0 Å². The van der Waals surface area contributed by atoms with Crippen molar-refractivity contribution in [2.45, 2.75) is 25.5 Å². The highest BCUT2D eigenvalue weighted by atomic mass is 32.2. The highest BCUT2D eigenvalue weighted by Gasteiger charge is 2.16. The van der Waals surface area contributed by atoms with Crippen molar-refractivity contribution in [3.63, 3.8) is 0 Å². The summed E-state index contributed by atoms with van der Waals surface area (Å²) >= 11 is 1.26. The van der Waals surface area contributed by atoms with Crippen molar-refractivity contribution in [1.82, 2.24) is 20.2 Å². The van der Waals surface area contributed by atoms with Gasteiger partial charge >= 0.3 is 5.97 Å². The van der Waals surface area contributed by atoms with E-state index in [2.05, 4.69) is 20.7 Å². The third-order valence-corrected chi connectivity index (χ3v) is 5.81. The first kappa shape index (κ1) is 26.5. The first-order valence-corrected chi connectivity index (χ1v) is 11.8. The average molecular weight is 514 g/mol. The predicted octanol–water partition coefficient (Wildman–Crippen LogP) is 3.16. The molecule has 0 aliphatic carbocycles. The fourth-order valence-corrected chi connectivity index (χ4v) is 3.99. The summed E-state index contributed by atoms with van der Waals surface area (Å²) in [5.41, 5.74) is 3.95. The monoisotopic (exact) mass is 513 g/mol. The third-order valence-electron chi connectivity index (χ3n) is 4.85. The number of carbonyl (C=O) groups is 2. The summed E-state index contributed by atoms with van der Waals surface area (Å²) < 4.78 is 22.9. The number of aromatic nitrogens is 3. The number of rotatable bonds is 11. The average Bonchev–Trinajstić information content (AvgIpc) is 3.30. The number of nitrogens with zero attached hydrogens (tertiary/aromatic N) is 4. The lowest BCUT2D eigenvalue weighted by Gasteiger charge is -2.13. The highest BCUT2D eigenvalue weighted by Crippen LogP contribution is 2.38. The van der Waals surface area contributed by atoms with E-state index in [9.17, 15) is 9.59 Å². The number of benzene rings is 2. The Morgan fingerprint density at radius 1 is 1.06 bits per heavy atom. The third kappa shape index (κ3) is 6.54. The molecule has 0 aliphatic rings. The molecule has 190 valence electrons. The summed E-state index contributed by atoms with van der Waals surface area (Å²) in [6.07, 6.45) is 1.43. The molecule has 0 bridgehead atoms. The lowest BCUT2D eigenvalue weighted by Crippen LogP contribution is -2.20. The molecule has 0 radical (unpaired) electrons. The Morgan fingerprint density at radius 3 is 2.28 bits per heavy atom. The van der Waals surface area contributed by atoms with Crippen LogP contribution in [0.4, 0.5) is 0 Å². The second-order valence-corrected chi connectivity index (χ2v) is 8.15. The fourth-order valence-electron chi connectivity index (χ4n) is 3.19.